The standard InChI is InChI=1S/C15H10Cl2FN3O/c1-8-13(15(22)20-11-4-2-10(18)3-5-11)21-7-9(16)6-12(17)14(21)19-8/h2-7H,1H3,(H,20,22). The number of amides is 1. The number of hydrogen-bond acceptors (Lipinski definition) is 2. The normalized spacial score (nSPS) is 10.9. The summed E-state index contributed by atoms with van der Waals surface area (Å²) < 4.78 is 14.4. The average Bonchev–Trinajstić information content (AvgIpc) is 2.78. The average molecular weight is 338 g/mol. The zero-order valence-corrected chi connectivity index (χ0v) is 12.9. The Morgan fingerprint density at radius 2 is 1.95 bits per heavy atom. The van der Waals surface area contributed by atoms with Crippen molar-refractivity contribution in [1.82, 2.24) is 9.38 Å². The summed E-state index contributed by atoms with van der Waals surface area (Å²) in [6.45, 7) is 1.71. The molecule has 0 aliphatic heterocycles. The van der Waals surface area contributed by atoms with Gasteiger partial charge in [-0.15, -0.1) is 0 Å². The van der Waals surface area contributed by atoms with E-state index in [1.807, 2.05) is 0 Å². The minimum Gasteiger partial charge on any atom is -0.321 e. The maximum Gasteiger partial charge on any atom is 0.274 e. The largest absolute Gasteiger partial charge is 0.321 e. The van der Waals surface area contributed by atoms with Crippen molar-refractivity contribution in [3.63, 3.8) is 0 Å². The fourth-order valence-corrected chi connectivity index (χ4v) is 2.70. The number of aromatic nitrogens is 2. The molecule has 0 spiro atoms. The van der Waals surface area contributed by atoms with Crippen molar-refractivity contribution in [3.05, 3.63) is 63.8 Å². The van der Waals surface area contributed by atoms with Crippen molar-refractivity contribution in [3.8, 4) is 0 Å². The van der Waals surface area contributed by atoms with Crippen LogP contribution in [0, 0.1) is 12.7 Å². The van der Waals surface area contributed by atoms with E-state index in [0.717, 1.165) is 0 Å². The Hall–Kier alpha value is -2.11. The minimum atomic E-state index is -0.380. The summed E-state index contributed by atoms with van der Waals surface area (Å²) >= 11 is 12.1. The smallest absolute Gasteiger partial charge is 0.274 e. The van der Waals surface area contributed by atoms with Gasteiger partial charge in [0.15, 0.2) is 5.65 Å². The van der Waals surface area contributed by atoms with E-state index in [2.05, 4.69) is 10.3 Å². The number of rotatable bonds is 2. The molecule has 0 aliphatic rings. The van der Waals surface area contributed by atoms with E-state index in [1.54, 1.807) is 23.6 Å². The van der Waals surface area contributed by atoms with Crippen LogP contribution in [0.4, 0.5) is 10.1 Å². The maximum atomic E-state index is 12.9. The van der Waals surface area contributed by atoms with Gasteiger partial charge in [-0.25, -0.2) is 9.37 Å². The van der Waals surface area contributed by atoms with Crippen LogP contribution >= 0.6 is 23.2 Å². The second-order valence-corrected chi connectivity index (χ2v) is 5.55. The maximum absolute atomic E-state index is 12.9. The van der Waals surface area contributed by atoms with E-state index >= 15 is 0 Å². The topological polar surface area (TPSA) is 46.4 Å². The highest BCUT2D eigenvalue weighted by Crippen LogP contribution is 2.24. The second-order valence-electron chi connectivity index (χ2n) is 4.71. The molecule has 112 valence electrons. The van der Waals surface area contributed by atoms with Gasteiger partial charge in [-0.05, 0) is 37.3 Å². The molecule has 0 atom stereocenters. The van der Waals surface area contributed by atoms with Gasteiger partial charge in [-0.1, -0.05) is 23.2 Å². The highest BCUT2D eigenvalue weighted by molar-refractivity contribution is 6.36. The number of aryl methyl sites for hydroxylation is 1. The number of halogens is 3. The highest BCUT2D eigenvalue weighted by Gasteiger charge is 2.18. The summed E-state index contributed by atoms with van der Waals surface area (Å²) in [4.78, 5) is 16.7. The van der Waals surface area contributed by atoms with Crippen LogP contribution in [0.2, 0.25) is 10.0 Å². The molecule has 0 aliphatic carbocycles. The molecule has 0 saturated heterocycles. The van der Waals surface area contributed by atoms with E-state index in [9.17, 15) is 9.18 Å². The van der Waals surface area contributed by atoms with Crippen molar-refractivity contribution in [2.24, 2.45) is 0 Å². The summed E-state index contributed by atoms with van der Waals surface area (Å²) in [6.07, 6.45) is 1.57. The molecule has 1 amide bonds. The fourth-order valence-electron chi connectivity index (χ4n) is 2.18. The molecule has 3 rings (SSSR count). The van der Waals surface area contributed by atoms with Crippen molar-refractivity contribution in [1.29, 1.82) is 0 Å². The van der Waals surface area contributed by atoms with E-state index in [-0.39, 0.29) is 11.7 Å². The molecule has 1 aromatic carbocycles. The molecule has 0 radical (unpaired) electrons. The van der Waals surface area contributed by atoms with Gasteiger partial charge in [0.05, 0.1) is 15.7 Å². The fraction of sp³-hybridized carbons (Fsp3) is 0.0667. The zero-order chi connectivity index (χ0) is 15.9. The van der Waals surface area contributed by atoms with Crippen molar-refractivity contribution in [2.45, 2.75) is 6.92 Å². The van der Waals surface area contributed by atoms with Gasteiger partial charge < -0.3 is 5.32 Å². The molecule has 4 nitrogen and oxygen atoms in total. The highest BCUT2D eigenvalue weighted by atomic mass is 35.5. The van der Waals surface area contributed by atoms with Crippen molar-refractivity contribution >= 4 is 40.4 Å². The van der Waals surface area contributed by atoms with Crippen molar-refractivity contribution < 1.29 is 9.18 Å². The van der Waals surface area contributed by atoms with Crippen molar-refractivity contribution in [2.75, 3.05) is 5.32 Å². The Morgan fingerprint density at radius 1 is 1.27 bits per heavy atom. The number of nitrogens with zero attached hydrogens (tertiary/aromatic N) is 2. The zero-order valence-electron chi connectivity index (χ0n) is 11.4. The lowest BCUT2D eigenvalue weighted by atomic mass is 10.2. The van der Waals surface area contributed by atoms with Crippen LogP contribution in [0.3, 0.4) is 0 Å². The van der Waals surface area contributed by atoms with Crippen LogP contribution in [-0.2, 0) is 0 Å². The van der Waals surface area contributed by atoms with E-state index in [0.29, 0.717) is 32.8 Å². The number of nitrogens with one attached hydrogen (secondary N) is 1. The Morgan fingerprint density at radius 3 is 2.64 bits per heavy atom. The van der Waals surface area contributed by atoms with Crippen LogP contribution in [-0.4, -0.2) is 15.3 Å². The Kier molecular flexibility index (Phi) is 3.76. The third-order valence-corrected chi connectivity index (χ3v) is 3.62. The number of benzene rings is 1. The van der Waals surface area contributed by atoms with Crippen LogP contribution in [0.25, 0.3) is 5.65 Å². The number of carbonyl (C=O) groups is 1. The lowest BCUT2D eigenvalue weighted by molar-refractivity contribution is 0.102. The lowest BCUT2D eigenvalue weighted by Gasteiger charge is -2.06. The summed E-state index contributed by atoms with van der Waals surface area (Å²) in [5.74, 6) is -0.752. The monoisotopic (exact) mass is 337 g/mol. The van der Waals surface area contributed by atoms with E-state index in [1.165, 1.54) is 24.3 Å². The molecule has 0 saturated carbocycles. The first kappa shape index (κ1) is 14.8. The molecule has 1 N–H and O–H groups in total. The molecule has 0 fully saturated rings. The minimum absolute atomic E-state index is 0.323. The van der Waals surface area contributed by atoms with Crippen LogP contribution in [0.1, 0.15) is 16.2 Å². The number of hydrogen-bond donors (Lipinski definition) is 1. The first-order valence-electron chi connectivity index (χ1n) is 6.36. The summed E-state index contributed by atoms with van der Waals surface area (Å²) in [6, 6.07) is 7.06. The third kappa shape index (κ3) is 2.65. The quantitative estimate of drug-likeness (QED) is 0.755. The summed E-state index contributed by atoms with van der Waals surface area (Å²) in [7, 11) is 0. The number of fused-ring (bicyclic) bond motifs is 1. The third-order valence-electron chi connectivity index (χ3n) is 3.13. The lowest BCUT2D eigenvalue weighted by Crippen LogP contribution is -2.15. The molecular formula is C15H10Cl2FN3O. The molecule has 22 heavy (non-hydrogen) atoms. The Balaban J connectivity index is 2.03. The molecule has 2 aromatic heterocycles. The number of carbonyl (C=O) groups excluding carboxylic acids is 1. The van der Waals surface area contributed by atoms with Crippen LogP contribution in [0.5, 0.6) is 0 Å². The first-order chi connectivity index (χ1) is 10.5. The van der Waals surface area contributed by atoms with Gasteiger partial charge in [0.1, 0.15) is 11.5 Å². The van der Waals surface area contributed by atoms with Gasteiger partial charge >= 0.3 is 0 Å². The predicted molar refractivity (Wildman–Crippen MR) is 84.3 cm³/mol. The first-order valence-corrected chi connectivity index (χ1v) is 7.12. The second kappa shape index (κ2) is 5.59. The SMILES string of the molecule is Cc1nc2c(Cl)cc(Cl)cn2c1C(=O)Nc1ccc(F)cc1. The Labute approximate surface area is 135 Å². The van der Waals surface area contributed by atoms with Gasteiger partial charge in [-0.2, -0.15) is 0 Å². The summed E-state index contributed by atoms with van der Waals surface area (Å²) in [5, 5.41) is 3.44. The number of pyridine rings is 1. The van der Waals surface area contributed by atoms with Gasteiger partial charge in [0.2, 0.25) is 0 Å². The number of imidazole rings is 1. The van der Waals surface area contributed by atoms with Crippen LogP contribution < -0.4 is 5.32 Å². The Bertz CT molecular complexity index is 875. The molecular weight excluding hydrogens is 328 g/mol. The number of anilines is 1. The molecule has 2 heterocycles. The van der Waals surface area contributed by atoms with Gasteiger partial charge in [0.25, 0.3) is 5.91 Å². The van der Waals surface area contributed by atoms with Gasteiger partial charge in [-0.3, -0.25) is 9.20 Å². The van der Waals surface area contributed by atoms with E-state index < -0.39 is 0 Å². The predicted octanol–water partition coefficient (Wildman–Crippen LogP) is 4.34. The molecule has 0 unspecified atom stereocenters. The molecule has 7 heteroatoms. The molecule has 3 aromatic rings. The van der Waals surface area contributed by atoms with Crippen LogP contribution in [0.15, 0.2) is 36.5 Å². The summed E-state index contributed by atoms with van der Waals surface area (Å²) in [5.41, 5.74) is 1.77. The molecule has 0 bridgehead atoms. The van der Waals surface area contributed by atoms with E-state index in [4.69, 9.17) is 23.2 Å². The van der Waals surface area contributed by atoms with Gasteiger partial charge in [0, 0.05) is 11.9 Å².